The summed E-state index contributed by atoms with van der Waals surface area (Å²) >= 11 is 0. The predicted molar refractivity (Wildman–Crippen MR) is 113 cm³/mol. The van der Waals surface area contributed by atoms with Crippen LogP contribution in [0.5, 0.6) is 0 Å². The van der Waals surface area contributed by atoms with Gasteiger partial charge in [0.05, 0.1) is 24.4 Å². The Balaban J connectivity index is 1.73. The third kappa shape index (κ3) is 3.02. The number of nitriles is 1. The molecule has 4 nitrogen and oxygen atoms in total. The molecule has 4 heteroatoms. The second kappa shape index (κ2) is 7.50. The largest absolute Gasteiger partial charge is 0.393 e. The van der Waals surface area contributed by atoms with Gasteiger partial charge in [-0.2, -0.15) is 5.26 Å². The molecular formula is C25H41NO3. The lowest BCUT2D eigenvalue weighted by Gasteiger charge is -2.66. The van der Waals surface area contributed by atoms with Gasteiger partial charge in [0.25, 0.3) is 0 Å². The van der Waals surface area contributed by atoms with E-state index >= 15 is 0 Å². The van der Waals surface area contributed by atoms with Crippen molar-refractivity contribution < 1.29 is 15.3 Å². The van der Waals surface area contributed by atoms with Crippen LogP contribution in [0.2, 0.25) is 0 Å². The van der Waals surface area contributed by atoms with Gasteiger partial charge in [-0.3, -0.25) is 0 Å². The molecule has 0 bridgehead atoms. The summed E-state index contributed by atoms with van der Waals surface area (Å²) in [4.78, 5) is 0. The number of hydrogen-bond acceptors (Lipinski definition) is 4. The zero-order valence-corrected chi connectivity index (χ0v) is 18.7. The first kappa shape index (κ1) is 21.6. The Labute approximate surface area is 176 Å². The van der Waals surface area contributed by atoms with Crippen LogP contribution < -0.4 is 0 Å². The molecule has 0 amide bonds. The van der Waals surface area contributed by atoms with Gasteiger partial charge in [0.2, 0.25) is 0 Å². The Morgan fingerprint density at radius 1 is 1.07 bits per heavy atom. The summed E-state index contributed by atoms with van der Waals surface area (Å²) < 4.78 is 0. The minimum Gasteiger partial charge on any atom is -0.393 e. The van der Waals surface area contributed by atoms with Gasteiger partial charge in [0, 0.05) is 6.42 Å². The van der Waals surface area contributed by atoms with E-state index in [1.807, 2.05) is 0 Å². The van der Waals surface area contributed by atoms with Crippen molar-refractivity contribution in [1.29, 1.82) is 5.26 Å². The summed E-state index contributed by atoms with van der Waals surface area (Å²) in [5.74, 6) is 1.99. The first-order chi connectivity index (χ1) is 13.7. The highest BCUT2D eigenvalue weighted by atomic mass is 16.3. The van der Waals surface area contributed by atoms with Crippen LogP contribution in [0.25, 0.3) is 0 Å². The summed E-state index contributed by atoms with van der Waals surface area (Å²) in [6, 6.07) is 2.36. The number of rotatable bonds is 3. The molecule has 0 aromatic heterocycles. The first-order valence-electron chi connectivity index (χ1n) is 12.1. The molecule has 4 aliphatic carbocycles. The van der Waals surface area contributed by atoms with Crippen molar-refractivity contribution in [2.45, 2.75) is 97.4 Å². The molecule has 0 aliphatic heterocycles. The lowest BCUT2D eigenvalue weighted by Crippen LogP contribution is -2.65. The van der Waals surface area contributed by atoms with E-state index in [0.29, 0.717) is 30.1 Å². The molecule has 0 spiro atoms. The van der Waals surface area contributed by atoms with Gasteiger partial charge in [-0.05, 0) is 90.8 Å². The van der Waals surface area contributed by atoms with Gasteiger partial charge < -0.3 is 15.3 Å². The second-order valence-electron chi connectivity index (χ2n) is 11.6. The molecule has 4 aliphatic rings. The zero-order chi connectivity index (χ0) is 21.1. The maximum absolute atomic E-state index is 11.7. The average Bonchev–Trinajstić information content (AvgIpc) is 3.00. The predicted octanol–water partition coefficient (Wildman–Crippen LogP) is 4.13. The van der Waals surface area contributed by atoms with Crippen LogP contribution in [-0.2, 0) is 0 Å². The highest BCUT2D eigenvalue weighted by Crippen LogP contribution is 2.69. The monoisotopic (exact) mass is 403 g/mol. The number of aliphatic hydroxyl groups is 3. The minimum absolute atomic E-state index is 0.000900. The van der Waals surface area contributed by atoms with E-state index in [4.69, 9.17) is 0 Å². The van der Waals surface area contributed by atoms with E-state index in [9.17, 15) is 20.6 Å². The Kier molecular flexibility index (Phi) is 5.59. The first-order valence-corrected chi connectivity index (χ1v) is 12.1. The van der Waals surface area contributed by atoms with Crippen LogP contribution in [-0.4, -0.2) is 33.6 Å². The van der Waals surface area contributed by atoms with Crippen LogP contribution in [0.1, 0.15) is 79.1 Å². The maximum Gasteiger partial charge on any atom is 0.0624 e. The van der Waals surface area contributed by atoms with Crippen LogP contribution in [0.4, 0.5) is 0 Å². The topological polar surface area (TPSA) is 84.5 Å². The normalized spacial score (nSPS) is 55.3. The fourth-order valence-corrected chi connectivity index (χ4v) is 9.33. The number of fused-ring (bicyclic) bond motifs is 5. The molecule has 0 aromatic rings. The summed E-state index contributed by atoms with van der Waals surface area (Å²) in [7, 11) is 0. The zero-order valence-electron chi connectivity index (χ0n) is 18.7. The number of nitrogens with zero attached hydrogens (tertiary/aromatic N) is 1. The fraction of sp³-hybridized carbons (Fsp3) is 0.960. The number of aliphatic hydroxyl groups excluding tert-OH is 3. The second-order valence-corrected chi connectivity index (χ2v) is 11.6. The standard InChI is InChI=1S/C25H41NO3/c1-5-16-19-12-15(27)8-10-24(19,3)22-20(28)13-25(4)17(14(2)9-11-26)6-7-18(25)21(22)23(16)29/h14-23,27-29H,5-10,12-13H2,1-4H3/t14-,15-,16-,17-,18?,19+,20+,21?,22?,23-,24+,25-/m1/s1. The van der Waals surface area contributed by atoms with Crippen molar-refractivity contribution >= 4 is 0 Å². The molecule has 4 fully saturated rings. The molecule has 0 heterocycles. The van der Waals surface area contributed by atoms with Crippen LogP contribution in [0.15, 0.2) is 0 Å². The average molecular weight is 404 g/mol. The van der Waals surface area contributed by atoms with E-state index in [-0.39, 0.29) is 34.7 Å². The van der Waals surface area contributed by atoms with Crippen molar-refractivity contribution in [3.8, 4) is 6.07 Å². The van der Waals surface area contributed by atoms with Gasteiger partial charge in [0.15, 0.2) is 0 Å². The van der Waals surface area contributed by atoms with Crippen molar-refractivity contribution in [1.82, 2.24) is 0 Å². The molecule has 0 aromatic carbocycles. The van der Waals surface area contributed by atoms with Gasteiger partial charge >= 0.3 is 0 Å². The van der Waals surface area contributed by atoms with Crippen LogP contribution >= 0.6 is 0 Å². The molecule has 29 heavy (non-hydrogen) atoms. The Morgan fingerprint density at radius 2 is 1.79 bits per heavy atom. The lowest BCUT2D eigenvalue weighted by molar-refractivity contribution is -0.235. The molecular weight excluding hydrogens is 362 g/mol. The third-order valence-corrected chi connectivity index (χ3v) is 10.5. The van der Waals surface area contributed by atoms with E-state index in [0.717, 1.165) is 44.9 Å². The Morgan fingerprint density at radius 3 is 2.45 bits per heavy atom. The molecule has 0 radical (unpaired) electrons. The molecule has 164 valence electrons. The minimum atomic E-state index is -0.397. The van der Waals surface area contributed by atoms with Gasteiger partial charge in [-0.25, -0.2) is 0 Å². The van der Waals surface area contributed by atoms with Crippen LogP contribution in [0.3, 0.4) is 0 Å². The van der Waals surface area contributed by atoms with E-state index in [2.05, 4.69) is 33.8 Å². The van der Waals surface area contributed by atoms with Crippen molar-refractivity contribution in [2.75, 3.05) is 0 Å². The summed E-state index contributed by atoms with van der Waals surface area (Å²) in [5.41, 5.74) is 0.00834. The van der Waals surface area contributed by atoms with E-state index in [1.165, 1.54) is 0 Å². The molecule has 0 saturated heterocycles. The van der Waals surface area contributed by atoms with Crippen molar-refractivity contribution in [3.63, 3.8) is 0 Å². The highest BCUT2D eigenvalue weighted by molar-refractivity contribution is 5.16. The van der Waals surface area contributed by atoms with Gasteiger partial charge in [-0.1, -0.05) is 34.1 Å². The van der Waals surface area contributed by atoms with Crippen LogP contribution in [0, 0.1) is 63.6 Å². The SMILES string of the molecule is CC[C@H]1[C@@H](O)C2C3CC[C@H]([C@H](C)CC#N)[C@@]3(C)C[C@H](O)C2[C@@]2(C)CC[C@@H](O)C[C@@H]12. The Bertz CT molecular complexity index is 661. The molecule has 4 rings (SSSR count). The molecule has 3 unspecified atom stereocenters. The molecule has 3 N–H and O–H groups in total. The molecule has 12 atom stereocenters. The quantitative estimate of drug-likeness (QED) is 0.661. The highest BCUT2D eigenvalue weighted by Gasteiger charge is 2.67. The van der Waals surface area contributed by atoms with Crippen molar-refractivity contribution in [3.05, 3.63) is 0 Å². The van der Waals surface area contributed by atoms with Gasteiger partial charge in [-0.15, -0.1) is 0 Å². The summed E-state index contributed by atoms with van der Waals surface area (Å²) in [6.07, 6.45) is 6.03. The summed E-state index contributed by atoms with van der Waals surface area (Å²) in [5, 5.41) is 42.9. The maximum atomic E-state index is 11.7. The van der Waals surface area contributed by atoms with Gasteiger partial charge in [0.1, 0.15) is 0 Å². The van der Waals surface area contributed by atoms with E-state index < -0.39 is 12.2 Å². The smallest absolute Gasteiger partial charge is 0.0624 e. The molecule has 4 saturated carbocycles. The number of hydrogen-bond donors (Lipinski definition) is 3. The fourth-order valence-electron chi connectivity index (χ4n) is 9.33. The van der Waals surface area contributed by atoms with Crippen molar-refractivity contribution in [2.24, 2.45) is 52.3 Å². The summed E-state index contributed by atoms with van der Waals surface area (Å²) in [6.45, 7) is 9.08. The lowest BCUT2D eigenvalue weighted by atomic mass is 9.40. The Hall–Kier alpha value is -0.630. The van der Waals surface area contributed by atoms with E-state index in [1.54, 1.807) is 0 Å². The third-order valence-electron chi connectivity index (χ3n) is 10.5.